The maximum atomic E-state index is 11.8. The lowest BCUT2D eigenvalue weighted by molar-refractivity contribution is -0.121. The summed E-state index contributed by atoms with van der Waals surface area (Å²) in [6.07, 6.45) is 0.832. The van der Waals surface area contributed by atoms with Crippen molar-refractivity contribution >= 4 is 21.8 Å². The summed E-state index contributed by atoms with van der Waals surface area (Å²) in [5.41, 5.74) is 2.32. The Balaban J connectivity index is 1.91. The molecule has 3 rings (SSSR count). The fraction of sp³-hybridized carbons (Fsp3) is 0.235. The number of nitrogens with one attached hydrogen (secondary N) is 2. The van der Waals surface area contributed by atoms with Gasteiger partial charge in [0.25, 0.3) is 0 Å². The van der Waals surface area contributed by atoms with Gasteiger partial charge < -0.3 is 5.32 Å². The van der Waals surface area contributed by atoms with Gasteiger partial charge in [-0.05, 0) is 29.7 Å². The van der Waals surface area contributed by atoms with Crippen LogP contribution in [-0.2, 0) is 4.79 Å². The molecule has 1 fully saturated rings. The summed E-state index contributed by atoms with van der Waals surface area (Å²) in [6.45, 7) is 0.748. The highest BCUT2D eigenvalue weighted by molar-refractivity contribution is 9.10. The molecule has 0 aromatic heterocycles. The van der Waals surface area contributed by atoms with Crippen molar-refractivity contribution in [2.24, 2.45) is 0 Å². The minimum Gasteiger partial charge on any atom is -0.355 e. The molecule has 21 heavy (non-hydrogen) atoms. The number of rotatable bonds is 4. The highest BCUT2D eigenvalue weighted by Gasteiger charge is 2.27. The zero-order chi connectivity index (χ0) is 14.7. The molecule has 0 saturated carbocycles. The molecule has 0 bridgehead atoms. The molecule has 0 unspecified atom stereocenters. The zero-order valence-corrected chi connectivity index (χ0v) is 13.1. The van der Waals surface area contributed by atoms with Crippen molar-refractivity contribution in [2.45, 2.75) is 18.5 Å². The Morgan fingerprint density at radius 2 is 1.71 bits per heavy atom. The van der Waals surface area contributed by atoms with Crippen LogP contribution in [0.4, 0.5) is 0 Å². The van der Waals surface area contributed by atoms with Crippen molar-refractivity contribution in [1.82, 2.24) is 10.6 Å². The van der Waals surface area contributed by atoms with Crippen molar-refractivity contribution < 1.29 is 4.79 Å². The second-order valence-corrected chi connectivity index (χ2v) is 6.11. The molecule has 0 radical (unpaired) electrons. The molecule has 2 aromatic carbocycles. The summed E-state index contributed by atoms with van der Waals surface area (Å²) in [5.74, 6) is 0.0908. The van der Waals surface area contributed by atoms with Crippen LogP contribution in [0.25, 0.3) is 0 Å². The summed E-state index contributed by atoms with van der Waals surface area (Å²) in [5, 5.41) is 6.37. The molecule has 1 aliphatic rings. The third kappa shape index (κ3) is 3.34. The van der Waals surface area contributed by atoms with Gasteiger partial charge in [0.1, 0.15) is 0 Å². The number of carbonyl (C=O) groups excluding carboxylic acids is 1. The van der Waals surface area contributed by atoms with E-state index in [1.807, 2.05) is 30.3 Å². The minimum absolute atomic E-state index is 0.0214. The van der Waals surface area contributed by atoms with Gasteiger partial charge in [-0.15, -0.1) is 0 Å². The standard InChI is InChI=1S/C17H17BrN2O/c18-14-8-6-13(7-9-14)16(12-4-2-1-3-5-12)20-15-10-11-19-17(15)21/h1-9,15-16,20H,10-11H2,(H,19,21)/t15-,16+/m1/s1. The molecule has 3 nitrogen and oxygen atoms in total. The summed E-state index contributed by atoms with van der Waals surface area (Å²) in [4.78, 5) is 11.8. The van der Waals surface area contributed by atoms with Crippen LogP contribution in [0.2, 0.25) is 0 Å². The van der Waals surface area contributed by atoms with Gasteiger partial charge in [-0.1, -0.05) is 58.4 Å². The second-order valence-electron chi connectivity index (χ2n) is 5.19. The highest BCUT2D eigenvalue weighted by Crippen LogP contribution is 2.25. The van der Waals surface area contributed by atoms with Crippen molar-refractivity contribution in [3.63, 3.8) is 0 Å². The Morgan fingerprint density at radius 3 is 2.33 bits per heavy atom. The molecule has 0 spiro atoms. The largest absolute Gasteiger partial charge is 0.355 e. The average molecular weight is 345 g/mol. The quantitative estimate of drug-likeness (QED) is 0.894. The Labute approximate surface area is 132 Å². The van der Waals surface area contributed by atoms with Gasteiger partial charge in [0.2, 0.25) is 5.91 Å². The topological polar surface area (TPSA) is 41.1 Å². The van der Waals surface area contributed by atoms with Crippen LogP contribution in [0, 0.1) is 0 Å². The van der Waals surface area contributed by atoms with Gasteiger partial charge in [0.05, 0.1) is 12.1 Å². The smallest absolute Gasteiger partial charge is 0.237 e. The van der Waals surface area contributed by atoms with E-state index < -0.39 is 0 Å². The van der Waals surface area contributed by atoms with E-state index in [1.54, 1.807) is 0 Å². The van der Waals surface area contributed by atoms with Crippen LogP contribution in [0.3, 0.4) is 0 Å². The van der Waals surface area contributed by atoms with Gasteiger partial charge in [0, 0.05) is 11.0 Å². The number of hydrogen-bond donors (Lipinski definition) is 2. The SMILES string of the molecule is O=C1NCC[C@H]1N[C@@H](c1ccccc1)c1ccc(Br)cc1. The maximum absolute atomic E-state index is 11.8. The lowest BCUT2D eigenvalue weighted by Gasteiger charge is -2.23. The van der Waals surface area contributed by atoms with E-state index in [0.717, 1.165) is 23.0 Å². The van der Waals surface area contributed by atoms with Crippen molar-refractivity contribution in [1.29, 1.82) is 0 Å². The van der Waals surface area contributed by atoms with Crippen LogP contribution >= 0.6 is 15.9 Å². The zero-order valence-electron chi connectivity index (χ0n) is 11.6. The Hall–Kier alpha value is -1.65. The molecular formula is C17H17BrN2O. The molecule has 4 heteroatoms. The lowest BCUT2D eigenvalue weighted by Crippen LogP contribution is -2.39. The number of benzene rings is 2. The molecule has 2 atom stereocenters. The van der Waals surface area contributed by atoms with E-state index >= 15 is 0 Å². The molecule has 2 aromatic rings. The predicted molar refractivity (Wildman–Crippen MR) is 87.0 cm³/mol. The van der Waals surface area contributed by atoms with Crippen LogP contribution < -0.4 is 10.6 Å². The van der Waals surface area contributed by atoms with E-state index in [-0.39, 0.29) is 18.0 Å². The fourth-order valence-electron chi connectivity index (χ4n) is 2.64. The lowest BCUT2D eigenvalue weighted by atomic mass is 9.97. The van der Waals surface area contributed by atoms with Gasteiger partial charge in [-0.3, -0.25) is 10.1 Å². The van der Waals surface area contributed by atoms with Crippen molar-refractivity contribution in [3.8, 4) is 0 Å². The number of carbonyl (C=O) groups is 1. The molecule has 2 N–H and O–H groups in total. The Bertz CT molecular complexity index is 612. The molecule has 108 valence electrons. The van der Waals surface area contributed by atoms with E-state index in [1.165, 1.54) is 5.56 Å². The van der Waals surface area contributed by atoms with Gasteiger partial charge >= 0.3 is 0 Å². The first-order valence-electron chi connectivity index (χ1n) is 7.08. The minimum atomic E-state index is -0.126. The van der Waals surface area contributed by atoms with E-state index in [4.69, 9.17) is 0 Å². The summed E-state index contributed by atoms with van der Waals surface area (Å²) in [6, 6.07) is 18.4. The molecule has 0 aliphatic carbocycles. The number of halogens is 1. The van der Waals surface area contributed by atoms with E-state index in [9.17, 15) is 4.79 Å². The maximum Gasteiger partial charge on any atom is 0.237 e. The summed E-state index contributed by atoms with van der Waals surface area (Å²) in [7, 11) is 0. The third-order valence-corrected chi connectivity index (χ3v) is 4.28. The number of amides is 1. The summed E-state index contributed by atoms with van der Waals surface area (Å²) >= 11 is 3.46. The number of hydrogen-bond acceptors (Lipinski definition) is 2. The van der Waals surface area contributed by atoms with Crippen molar-refractivity contribution in [2.75, 3.05) is 6.54 Å². The first-order valence-corrected chi connectivity index (χ1v) is 7.87. The fourth-order valence-corrected chi connectivity index (χ4v) is 2.90. The highest BCUT2D eigenvalue weighted by atomic mass is 79.9. The van der Waals surface area contributed by atoms with E-state index in [0.29, 0.717) is 0 Å². The molecule has 1 amide bonds. The van der Waals surface area contributed by atoms with Gasteiger partial charge in [-0.25, -0.2) is 0 Å². The molecular weight excluding hydrogens is 328 g/mol. The van der Waals surface area contributed by atoms with Gasteiger partial charge in [0.15, 0.2) is 0 Å². The molecule has 1 heterocycles. The van der Waals surface area contributed by atoms with E-state index in [2.05, 4.69) is 50.8 Å². The monoisotopic (exact) mass is 344 g/mol. The first-order chi connectivity index (χ1) is 10.2. The Kier molecular flexibility index (Phi) is 4.36. The average Bonchev–Trinajstić information content (AvgIpc) is 2.92. The van der Waals surface area contributed by atoms with Crippen LogP contribution in [0.15, 0.2) is 59.1 Å². The third-order valence-electron chi connectivity index (χ3n) is 3.75. The first kappa shape index (κ1) is 14.3. The Morgan fingerprint density at radius 1 is 1.05 bits per heavy atom. The molecule has 1 aliphatic heterocycles. The summed E-state index contributed by atoms with van der Waals surface area (Å²) < 4.78 is 1.05. The predicted octanol–water partition coefficient (Wildman–Crippen LogP) is 3.02. The normalized spacial score (nSPS) is 19.3. The molecule has 1 saturated heterocycles. The van der Waals surface area contributed by atoms with Crippen LogP contribution in [0.5, 0.6) is 0 Å². The van der Waals surface area contributed by atoms with Crippen LogP contribution in [0.1, 0.15) is 23.6 Å². The van der Waals surface area contributed by atoms with Crippen molar-refractivity contribution in [3.05, 3.63) is 70.2 Å². The second kappa shape index (κ2) is 6.41. The van der Waals surface area contributed by atoms with Crippen LogP contribution in [-0.4, -0.2) is 18.5 Å². The van der Waals surface area contributed by atoms with Gasteiger partial charge in [-0.2, -0.15) is 0 Å².